The fraction of sp³-hybridized carbons (Fsp3) is 0.429. The Morgan fingerprint density at radius 2 is 2.20 bits per heavy atom. The Morgan fingerprint density at radius 3 is 2.90 bits per heavy atom. The molecule has 20 heavy (non-hydrogen) atoms. The lowest BCUT2D eigenvalue weighted by molar-refractivity contribution is 0.0934. The van der Waals surface area contributed by atoms with Crippen LogP contribution in [0.25, 0.3) is 0 Å². The molecule has 1 heterocycles. The maximum Gasteiger partial charge on any atom is 0.255 e. The van der Waals surface area contributed by atoms with Gasteiger partial charge in [0.05, 0.1) is 16.6 Å². The molecule has 2 rings (SSSR count). The van der Waals surface area contributed by atoms with E-state index in [1.807, 2.05) is 6.92 Å². The first-order valence-corrected chi connectivity index (χ1v) is 7.03. The number of fused-ring (bicyclic) bond motifs is 1. The summed E-state index contributed by atoms with van der Waals surface area (Å²) in [5.41, 5.74) is 6.09. The number of nitrogens with one attached hydrogen (secondary N) is 1. The fourth-order valence-corrected chi connectivity index (χ4v) is 2.24. The largest absolute Gasteiger partial charge is 0.486 e. The van der Waals surface area contributed by atoms with Crippen LogP contribution >= 0.6 is 12.2 Å². The average molecular weight is 294 g/mol. The number of carbonyl (C=O) groups excluding carboxylic acids is 1. The number of amides is 1. The van der Waals surface area contributed by atoms with Crippen LogP contribution in [0.1, 0.15) is 30.1 Å². The molecule has 1 aliphatic heterocycles. The van der Waals surface area contributed by atoms with Crippen LogP contribution in [0.3, 0.4) is 0 Å². The van der Waals surface area contributed by atoms with Gasteiger partial charge >= 0.3 is 0 Å². The predicted molar refractivity (Wildman–Crippen MR) is 80.4 cm³/mol. The fourth-order valence-electron chi connectivity index (χ4n) is 2.06. The van der Waals surface area contributed by atoms with Crippen molar-refractivity contribution in [3.05, 3.63) is 23.8 Å². The second-order valence-corrected chi connectivity index (χ2v) is 5.02. The van der Waals surface area contributed by atoms with Gasteiger partial charge in [0.25, 0.3) is 5.91 Å². The molecule has 3 N–H and O–H groups in total. The van der Waals surface area contributed by atoms with Crippen molar-refractivity contribution < 1.29 is 14.3 Å². The number of benzene rings is 1. The summed E-state index contributed by atoms with van der Waals surface area (Å²) in [5, 5.41) is 2.84. The van der Waals surface area contributed by atoms with E-state index in [0.29, 0.717) is 41.7 Å². The zero-order valence-electron chi connectivity index (χ0n) is 11.3. The van der Waals surface area contributed by atoms with E-state index in [1.165, 1.54) is 0 Å². The summed E-state index contributed by atoms with van der Waals surface area (Å²) in [6.45, 7) is 2.94. The zero-order valence-corrected chi connectivity index (χ0v) is 12.2. The zero-order chi connectivity index (χ0) is 14.5. The monoisotopic (exact) mass is 294 g/mol. The van der Waals surface area contributed by atoms with Crippen molar-refractivity contribution in [2.75, 3.05) is 13.2 Å². The summed E-state index contributed by atoms with van der Waals surface area (Å²) < 4.78 is 11.0. The molecule has 1 amide bonds. The van der Waals surface area contributed by atoms with Crippen LogP contribution in [-0.4, -0.2) is 30.2 Å². The SMILES string of the molecule is CCCC(NC(=O)c1cccc2c1OCCO2)C(N)=S. The van der Waals surface area contributed by atoms with Crippen molar-refractivity contribution in [2.45, 2.75) is 25.8 Å². The van der Waals surface area contributed by atoms with Crippen LogP contribution < -0.4 is 20.5 Å². The number of hydrogen-bond acceptors (Lipinski definition) is 4. The van der Waals surface area contributed by atoms with Crippen LogP contribution in [0.4, 0.5) is 0 Å². The lowest BCUT2D eigenvalue weighted by atomic mass is 10.1. The van der Waals surface area contributed by atoms with Crippen LogP contribution in [0, 0.1) is 0 Å². The summed E-state index contributed by atoms with van der Waals surface area (Å²) in [7, 11) is 0. The maximum atomic E-state index is 12.3. The summed E-state index contributed by atoms with van der Waals surface area (Å²) in [6, 6.07) is 4.94. The number of ether oxygens (including phenoxy) is 2. The highest BCUT2D eigenvalue weighted by molar-refractivity contribution is 7.80. The molecule has 0 radical (unpaired) electrons. The highest BCUT2D eigenvalue weighted by atomic mass is 32.1. The van der Waals surface area contributed by atoms with E-state index in [4.69, 9.17) is 27.4 Å². The second-order valence-electron chi connectivity index (χ2n) is 4.55. The van der Waals surface area contributed by atoms with Gasteiger partial charge in [-0.2, -0.15) is 0 Å². The third-order valence-electron chi connectivity index (χ3n) is 3.04. The van der Waals surface area contributed by atoms with Crippen molar-refractivity contribution >= 4 is 23.1 Å². The van der Waals surface area contributed by atoms with Crippen molar-refractivity contribution in [3.8, 4) is 11.5 Å². The first-order chi connectivity index (χ1) is 9.63. The molecule has 0 saturated heterocycles. The molecular formula is C14H18N2O3S. The van der Waals surface area contributed by atoms with Gasteiger partial charge in [-0.15, -0.1) is 0 Å². The lowest BCUT2D eigenvalue weighted by Gasteiger charge is -2.22. The Hall–Kier alpha value is -1.82. The molecule has 0 aromatic heterocycles. The maximum absolute atomic E-state index is 12.3. The molecule has 0 fully saturated rings. The molecule has 1 aliphatic rings. The van der Waals surface area contributed by atoms with Gasteiger partial charge in [-0.3, -0.25) is 4.79 Å². The molecule has 1 unspecified atom stereocenters. The number of carbonyl (C=O) groups is 1. The molecule has 1 atom stereocenters. The first-order valence-electron chi connectivity index (χ1n) is 6.62. The molecule has 108 valence electrons. The van der Waals surface area contributed by atoms with E-state index in [9.17, 15) is 4.79 Å². The van der Waals surface area contributed by atoms with Crippen LogP contribution in [-0.2, 0) is 0 Å². The molecule has 0 aliphatic carbocycles. The highest BCUT2D eigenvalue weighted by Gasteiger charge is 2.22. The minimum atomic E-state index is -0.303. The number of hydrogen-bond donors (Lipinski definition) is 2. The Balaban J connectivity index is 2.19. The van der Waals surface area contributed by atoms with Gasteiger partial charge in [-0.25, -0.2) is 0 Å². The van der Waals surface area contributed by atoms with Crippen LogP contribution in [0.5, 0.6) is 11.5 Å². The predicted octanol–water partition coefficient (Wildman–Crippen LogP) is 1.64. The molecular weight excluding hydrogens is 276 g/mol. The Bertz CT molecular complexity index is 519. The number of para-hydroxylation sites is 1. The van der Waals surface area contributed by atoms with Gasteiger partial charge in [0.2, 0.25) is 0 Å². The molecule has 1 aromatic rings. The number of thiocarbonyl (C=S) groups is 1. The molecule has 1 aromatic carbocycles. The quantitative estimate of drug-likeness (QED) is 0.808. The summed E-state index contributed by atoms with van der Waals surface area (Å²) in [5.74, 6) is 0.819. The Kier molecular flexibility index (Phi) is 4.79. The van der Waals surface area contributed by atoms with Crippen molar-refractivity contribution in [1.82, 2.24) is 5.32 Å². The van der Waals surface area contributed by atoms with Gasteiger partial charge in [0.15, 0.2) is 11.5 Å². The van der Waals surface area contributed by atoms with Gasteiger partial charge in [0.1, 0.15) is 13.2 Å². The standard InChI is InChI=1S/C14H18N2O3S/c1-2-4-10(13(15)20)16-14(17)9-5-3-6-11-12(9)19-8-7-18-11/h3,5-6,10H,2,4,7-8H2,1H3,(H2,15,20)(H,16,17). The molecule has 0 bridgehead atoms. The van der Waals surface area contributed by atoms with E-state index in [-0.39, 0.29) is 11.9 Å². The summed E-state index contributed by atoms with van der Waals surface area (Å²) >= 11 is 4.98. The van der Waals surface area contributed by atoms with Crippen molar-refractivity contribution in [2.24, 2.45) is 5.73 Å². The van der Waals surface area contributed by atoms with Gasteiger partial charge in [0, 0.05) is 0 Å². The third kappa shape index (κ3) is 3.19. The minimum absolute atomic E-state index is 0.251. The lowest BCUT2D eigenvalue weighted by Crippen LogP contribution is -2.43. The van der Waals surface area contributed by atoms with E-state index >= 15 is 0 Å². The molecule has 0 spiro atoms. The summed E-state index contributed by atoms with van der Waals surface area (Å²) in [4.78, 5) is 12.6. The van der Waals surface area contributed by atoms with Gasteiger partial charge in [-0.1, -0.05) is 31.6 Å². The topological polar surface area (TPSA) is 73.6 Å². The van der Waals surface area contributed by atoms with Crippen molar-refractivity contribution in [1.29, 1.82) is 0 Å². The van der Waals surface area contributed by atoms with Gasteiger partial charge in [-0.05, 0) is 18.6 Å². The Morgan fingerprint density at radius 1 is 1.45 bits per heavy atom. The number of nitrogens with two attached hydrogens (primary N) is 1. The average Bonchev–Trinajstić information content (AvgIpc) is 2.46. The van der Waals surface area contributed by atoms with E-state index in [0.717, 1.165) is 6.42 Å². The Labute approximate surface area is 123 Å². The summed E-state index contributed by atoms with van der Waals surface area (Å²) in [6.07, 6.45) is 1.60. The van der Waals surface area contributed by atoms with Crippen molar-refractivity contribution in [3.63, 3.8) is 0 Å². The molecule has 6 heteroatoms. The smallest absolute Gasteiger partial charge is 0.255 e. The second kappa shape index (κ2) is 6.56. The minimum Gasteiger partial charge on any atom is -0.486 e. The third-order valence-corrected chi connectivity index (χ3v) is 3.32. The molecule has 0 saturated carbocycles. The van der Waals surface area contributed by atoms with Crippen LogP contribution in [0.15, 0.2) is 18.2 Å². The van der Waals surface area contributed by atoms with E-state index < -0.39 is 0 Å². The first kappa shape index (κ1) is 14.6. The normalized spacial score (nSPS) is 14.4. The highest BCUT2D eigenvalue weighted by Crippen LogP contribution is 2.33. The van der Waals surface area contributed by atoms with Crippen LogP contribution in [0.2, 0.25) is 0 Å². The van der Waals surface area contributed by atoms with Gasteiger partial charge < -0.3 is 20.5 Å². The van der Waals surface area contributed by atoms with E-state index in [2.05, 4.69) is 5.32 Å². The van der Waals surface area contributed by atoms with E-state index in [1.54, 1.807) is 18.2 Å². The number of rotatable bonds is 5. The molecule has 5 nitrogen and oxygen atoms in total.